The van der Waals surface area contributed by atoms with Gasteiger partial charge < -0.3 is 15.4 Å². The Balaban J connectivity index is 1.61. The van der Waals surface area contributed by atoms with Crippen molar-refractivity contribution < 1.29 is 9.53 Å². The lowest BCUT2D eigenvalue weighted by atomic mass is 9.96. The third-order valence-electron chi connectivity index (χ3n) is 7.08. The van der Waals surface area contributed by atoms with E-state index in [1.807, 2.05) is 31.0 Å². The van der Waals surface area contributed by atoms with Crippen molar-refractivity contribution in [2.75, 3.05) is 19.8 Å². The van der Waals surface area contributed by atoms with E-state index in [0.29, 0.717) is 12.6 Å². The van der Waals surface area contributed by atoms with Crippen molar-refractivity contribution in [3.8, 4) is 11.3 Å². The van der Waals surface area contributed by atoms with Crippen LogP contribution in [0, 0.1) is 0 Å². The molecular formula is C28H34N6O2. The second-order valence-electron chi connectivity index (χ2n) is 9.84. The van der Waals surface area contributed by atoms with Gasteiger partial charge in [-0.25, -0.2) is 0 Å². The molecule has 8 nitrogen and oxygen atoms in total. The van der Waals surface area contributed by atoms with E-state index in [9.17, 15) is 4.79 Å². The highest BCUT2D eigenvalue weighted by Crippen LogP contribution is 2.37. The number of carbonyl (C=O) groups excluding carboxylic acids is 1. The number of benzene rings is 1. The van der Waals surface area contributed by atoms with E-state index >= 15 is 0 Å². The van der Waals surface area contributed by atoms with Crippen LogP contribution in [0.2, 0.25) is 0 Å². The van der Waals surface area contributed by atoms with Gasteiger partial charge in [0, 0.05) is 92.1 Å². The predicted octanol–water partition coefficient (Wildman–Crippen LogP) is 4.13. The molecule has 188 valence electrons. The van der Waals surface area contributed by atoms with Gasteiger partial charge in [0.2, 0.25) is 5.91 Å². The summed E-state index contributed by atoms with van der Waals surface area (Å²) in [5, 5.41) is 7.28. The lowest BCUT2D eigenvalue weighted by molar-refractivity contribution is -0.129. The van der Waals surface area contributed by atoms with Gasteiger partial charge in [0.05, 0.1) is 17.4 Å². The second kappa shape index (κ2) is 10.2. The zero-order valence-corrected chi connectivity index (χ0v) is 21.3. The Morgan fingerprint density at radius 2 is 2.08 bits per heavy atom. The number of pyridine rings is 1. The number of aliphatic imine (C=N–C) groups is 1. The molecule has 1 fully saturated rings. The van der Waals surface area contributed by atoms with Crippen LogP contribution in [0.3, 0.4) is 0 Å². The molecule has 0 bridgehead atoms. The van der Waals surface area contributed by atoms with E-state index in [1.165, 1.54) is 5.69 Å². The quantitative estimate of drug-likeness (QED) is 0.547. The van der Waals surface area contributed by atoms with Crippen LogP contribution in [0.1, 0.15) is 56.6 Å². The summed E-state index contributed by atoms with van der Waals surface area (Å²) in [5.41, 5.74) is 11.8. The second-order valence-corrected chi connectivity index (χ2v) is 9.84. The standard InChI is InChI=1S/C28H34N6O2/c1-18(2)30-15-21(14-29)26-13-20-5-4-6-23(24(20)16-31-26)28-25-17-33(19(3)35)10-7-27(25)34(32-28)22-8-11-36-12-9-22/h4-6,13-16,18,22H,7-12,17,29H2,1-3H3/b21-14+,30-15?. The number of allylic oxidation sites excluding steroid dienone is 1. The van der Waals surface area contributed by atoms with E-state index < -0.39 is 0 Å². The van der Waals surface area contributed by atoms with E-state index in [-0.39, 0.29) is 11.9 Å². The van der Waals surface area contributed by atoms with Crippen molar-refractivity contribution in [2.24, 2.45) is 10.7 Å². The van der Waals surface area contributed by atoms with Gasteiger partial charge in [-0.05, 0) is 38.1 Å². The van der Waals surface area contributed by atoms with Gasteiger partial charge in [-0.15, -0.1) is 0 Å². The Labute approximate surface area is 211 Å². The first-order chi connectivity index (χ1) is 17.5. The zero-order valence-electron chi connectivity index (χ0n) is 21.3. The van der Waals surface area contributed by atoms with Crippen molar-refractivity contribution in [3.63, 3.8) is 0 Å². The lowest BCUT2D eigenvalue weighted by Gasteiger charge is -2.29. The zero-order chi connectivity index (χ0) is 25.2. The molecule has 0 spiro atoms. The van der Waals surface area contributed by atoms with Crippen LogP contribution < -0.4 is 5.73 Å². The summed E-state index contributed by atoms with van der Waals surface area (Å²) in [7, 11) is 0. The van der Waals surface area contributed by atoms with Crippen molar-refractivity contribution in [2.45, 2.75) is 58.7 Å². The molecule has 5 rings (SSSR count). The molecule has 4 heterocycles. The molecular weight excluding hydrogens is 452 g/mol. The normalized spacial score (nSPS) is 17.3. The van der Waals surface area contributed by atoms with Crippen LogP contribution in [0.15, 0.2) is 41.7 Å². The van der Waals surface area contributed by atoms with Gasteiger partial charge in [0.1, 0.15) is 0 Å². The van der Waals surface area contributed by atoms with Gasteiger partial charge in [0.15, 0.2) is 0 Å². The molecule has 1 amide bonds. The van der Waals surface area contributed by atoms with Gasteiger partial charge in [-0.1, -0.05) is 18.2 Å². The topological polar surface area (TPSA) is 98.6 Å². The van der Waals surface area contributed by atoms with E-state index in [1.54, 1.807) is 19.3 Å². The molecule has 2 aliphatic heterocycles. The summed E-state index contributed by atoms with van der Waals surface area (Å²) < 4.78 is 7.83. The van der Waals surface area contributed by atoms with Crippen LogP contribution >= 0.6 is 0 Å². The van der Waals surface area contributed by atoms with Gasteiger partial charge in [0.25, 0.3) is 0 Å². The smallest absolute Gasteiger partial charge is 0.219 e. The maximum Gasteiger partial charge on any atom is 0.219 e. The summed E-state index contributed by atoms with van der Waals surface area (Å²) in [4.78, 5) is 23.4. The van der Waals surface area contributed by atoms with Crippen molar-refractivity contribution in [1.29, 1.82) is 0 Å². The fourth-order valence-electron chi connectivity index (χ4n) is 5.12. The van der Waals surface area contributed by atoms with Crippen molar-refractivity contribution in [1.82, 2.24) is 19.7 Å². The molecule has 36 heavy (non-hydrogen) atoms. The highest BCUT2D eigenvalue weighted by molar-refractivity contribution is 6.10. The number of hydrogen-bond acceptors (Lipinski definition) is 6. The summed E-state index contributed by atoms with van der Waals surface area (Å²) >= 11 is 0. The Morgan fingerprint density at radius 3 is 2.81 bits per heavy atom. The fourth-order valence-corrected chi connectivity index (χ4v) is 5.12. The number of rotatable bonds is 5. The molecule has 1 saturated heterocycles. The number of carbonyl (C=O) groups is 1. The fraction of sp³-hybridized carbons (Fsp3) is 0.429. The third kappa shape index (κ3) is 4.65. The Bertz CT molecular complexity index is 1330. The van der Waals surface area contributed by atoms with Crippen LogP contribution in [0.25, 0.3) is 27.6 Å². The lowest BCUT2D eigenvalue weighted by Crippen LogP contribution is -2.35. The van der Waals surface area contributed by atoms with Gasteiger partial charge in [-0.3, -0.25) is 19.5 Å². The Kier molecular flexibility index (Phi) is 6.87. The van der Waals surface area contributed by atoms with E-state index in [4.69, 9.17) is 20.6 Å². The number of hydrogen-bond donors (Lipinski definition) is 1. The van der Waals surface area contributed by atoms with Crippen LogP contribution in [0.4, 0.5) is 0 Å². The summed E-state index contributed by atoms with van der Waals surface area (Å²) in [6, 6.07) is 8.80. The molecule has 8 heteroatoms. The van der Waals surface area contributed by atoms with Crippen LogP contribution in [0.5, 0.6) is 0 Å². The molecule has 2 aliphatic rings. The van der Waals surface area contributed by atoms with E-state index in [0.717, 1.165) is 77.9 Å². The maximum absolute atomic E-state index is 12.2. The SMILES string of the molecule is CC(=O)N1CCc2c(c(-c3cccc4cc(/C(C=NC(C)C)=C/N)ncc34)nn2C2CCOCC2)C1. The highest BCUT2D eigenvalue weighted by atomic mass is 16.5. The largest absolute Gasteiger partial charge is 0.404 e. The summed E-state index contributed by atoms with van der Waals surface area (Å²) in [6.07, 6.45) is 7.95. The first-order valence-corrected chi connectivity index (χ1v) is 12.7. The molecule has 0 unspecified atom stereocenters. The average molecular weight is 487 g/mol. The molecule has 1 aromatic carbocycles. The van der Waals surface area contributed by atoms with Crippen LogP contribution in [-0.4, -0.2) is 57.6 Å². The van der Waals surface area contributed by atoms with Crippen molar-refractivity contribution in [3.05, 3.63) is 53.6 Å². The number of fused-ring (bicyclic) bond motifs is 2. The molecule has 3 aromatic rings. The van der Waals surface area contributed by atoms with Crippen LogP contribution in [-0.2, 0) is 22.5 Å². The Hall–Kier alpha value is -3.52. The number of nitrogens with two attached hydrogens (primary N) is 1. The monoisotopic (exact) mass is 486 g/mol. The first kappa shape index (κ1) is 24.2. The first-order valence-electron chi connectivity index (χ1n) is 12.7. The summed E-state index contributed by atoms with van der Waals surface area (Å²) in [6.45, 7) is 8.51. The molecule has 2 N–H and O–H groups in total. The van der Waals surface area contributed by atoms with E-state index in [2.05, 4.69) is 27.9 Å². The highest BCUT2D eigenvalue weighted by Gasteiger charge is 2.30. The molecule has 2 aromatic heterocycles. The number of nitrogens with zero attached hydrogens (tertiary/aromatic N) is 5. The maximum atomic E-state index is 12.2. The molecule has 0 saturated carbocycles. The Morgan fingerprint density at radius 1 is 1.28 bits per heavy atom. The van der Waals surface area contributed by atoms with Crippen molar-refractivity contribution >= 4 is 28.5 Å². The molecule has 0 aliphatic carbocycles. The number of ether oxygens (including phenoxy) is 1. The number of aromatic nitrogens is 3. The predicted molar refractivity (Wildman–Crippen MR) is 143 cm³/mol. The van der Waals surface area contributed by atoms with Gasteiger partial charge in [-0.2, -0.15) is 5.10 Å². The minimum absolute atomic E-state index is 0.0961. The average Bonchev–Trinajstić information content (AvgIpc) is 3.27. The third-order valence-corrected chi connectivity index (χ3v) is 7.08. The minimum atomic E-state index is 0.0961. The minimum Gasteiger partial charge on any atom is -0.404 e. The molecule has 0 radical (unpaired) electrons. The van der Waals surface area contributed by atoms with Gasteiger partial charge >= 0.3 is 0 Å². The number of amides is 1. The summed E-state index contributed by atoms with van der Waals surface area (Å²) in [5.74, 6) is 0.0961. The molecule has 0 atom stereocenters.